The van der Waals surface area contributed by atoms with Crippen molar-refractivity contribution in [3.63, 3.8) is 0 Å². The number of amides is 1. The highest BCUT2D eigenvalue weighted by molar-refractivity contribution is 5.84. The maximum atomic E-state index is 13.1. The van der Waals surface area contributed by atoms with Gasteiger partial charge in [0, 0.05) is 35.7 Å². The number of nitrogens with two attached hydrogens (primary N) is 1. The second-order valence-electron chi connectivity index (χ2n) is 6.50. The van der Waals surface area contributed by atoms with Crippen LogP contribution in [0, 0.1) is 6.92 Å². The summed E-state index contributed by atoms with van der Waals surface area (Å²) in [6.07, 6.45) is 0.711. The maximum Gasteiger partial charge on any atom is 0.267 e. The molecule has 4 N–H and O–H groups in total. The van der Waals surface area contributed by atoms with Crippen LogP contribution < -0.4 is 16.9 Å². The van der Waals surface area contributed by atoms with Gasteiger partial charge in [-0.05, 0) is 30.4 Å². The normalized spacial score (nSPS) is 14.1. The Labute approximate surface area is 142 Å². The van der Waals surface area contributed by atoms with Gasteiger partial charge in [0.2, 0.25) is 5.91 Å². The van der Waals surface area contributed by atoms with Crippen molar-refractivity contribution in [1.29, 1.82) is 0 Å². The van der Waals surface area contributed by atoms with Crippen molar-refractivity contribution in [1.82, 2.24) is 14.8 Å². The van der Waals surface area contributed by atoms with E-state index in [9.17, 15) is 14.4 Å². The number of aromatic nitrogens is 3. The minimum Gasteiger partial charge on any atom is -0.370 e. The SMILES string of the molecule is Cc1[nH][nH]c(=O)c1[C@H](CC(N)=O)c1cc2cccc3c2n(c1=O)CC3. The van der Waals surface area contributed by atoms with Crippen LogP contribution in [-0.4, -0.2) is 20.7 Å². The molecule has 0 fully saturated rings. The molecule has 3 aromatic rings. The molecule has 0 radical (unpaired) electrons. The number of primary amides is 1. The molecule has 3 heterocycles. The van der Waals surface area contributed by atoms with Crippen molar-refractivity contribution in [2.75, 3.05) is 0 Å². The summed E-state index contributed by atoms with van der Waals surface area (Å²) in [5.41, 5.74) is 8.41. The summed E-state index contributed by atoms with van der Waals surface area (Å²) in [6.45, 7) is 2.34. The van der Waals surface area contributed by atoms with Gasteiger partial charge < -0.3 is 15.4 Å². The van der Waals surface area contributed by atoms with Crippen molar-refractivity contribution in [3.05, 3.63) is 67.4 Å². The molecule has 128 valence electrons. The number of carbonyl (C=O) groups excluding carboxylic acids is 1. The van der Waals surface area contributed by atoms with E-state index in [1.807, 2.05) is 18.2 Å². The number of carbonyl (C=O) groups is 1. The smallest absolute Gasteiger partial charge is 0.267 e. The summed E-state index contributed by atoms with van der Waals surface area (Å²) in [4.78, 5) is 36.9. The fraction of sp³-hybridized carbons (Fsp3) is 0.278. The zero-order chi connectivity index (χ0) is 17.7. The molecule has 0 bridgehead atoms. The summed E-state index contributed by atoms with van der Waals surface area (Å²) in [6, 6.07) is 7.72. The van der Waals surface area contributed by atoms with Gasteiger partial charge in [0.25, 0.3) is 11.1 Å². The van der Waals surface area contributed by atoms with Gasteiger partial charge in [-0.1, -0.05) is 18.2 Å². The number of nitrogens with one attached hydrogen (secondary N) is 2. The Balaban J connectivity index is 2.01. The summed E-state index contributed by atoms with van der Waals surface area (Å²) in [5.74, 6) is -1.22. The molecule has 1 aliphatic heterocycles. The molecule has 7 nitrogen and oxygen atoms in total. The number of pyridine rings is 1. The van der Waals surface area contributed by atoms with E-state index >= 15 is 0 Å². The van der Waals surface area contributed by atoms with E-state index in [2.05, 4.69) is 10.2 Å². The Morgan fingerprint density at radius 3 is 2.80 bits per heavy atom. The summed E-state index contributed by atoms with van der Waals surface area (Å²) < 4.78 is 1.74. The van der Waals surface area contributed by atoms with Crippen molar-refractivity contribution >= 4 is 16.8 Å². The molecular weight excluding hydrogens is 320 g/mol. The van der Waals surface area contributed by atoms with E-state index in [4.69, 9.17) is 5.73 Å². The van der Waals surface area contributed by atoms with Crippen LogP contribution in [-0.2, 0) is 17.8 Å². The van der Waals surface area contributed by atoms with Gasteiger partial charge in [0.1, 0.15) is 0 Å². The molecule has 0 spiro atoms. The van der Waals surface area contributed by atoms with Crippen LogP contribution in [0.15, 0.2) is 33.9 Å². The Bertz CT molecular complexity index is 1120. The predicted molar refractivity (Wildman–Crippen MR) is 93.7 cm³/mol. The van der Waals surface area contributed by atoms with Gasteiger partial charge in [-0.3, -0.25) is 19.5 Å². The third kappa shape index (κ3) is 2.31. The molecule has 4 rings (SSSR count). The average molecular weight is 338 g/mol. The second kappa shape index (κ2) is 5.47. The summed E-state index contributed by atoms with van der Waals surface area (Å²) in [7, 11) is 0. The highest BCUT2D eigenvalue weighted by atomic mass is 16.1. The number of para-hydroxylation sites is 1. The van der Waals surface area contributed by atoms with Gasteiger partial charge in [-0.2, -0.15) is 0 Å². The topological polar surface area (TPSA) is 114 Å². The number of rotatable bonds is 4. The van der Waals surface area contributed by atoms with E-state index in [1.54, 1.807) is 17.6 Å². The van der Waals surface area contributed by atoms with Crippen molar-refractivity contribution in [2.45, 2.75) is 32.2 Å². The van der Waals surface area contributed by atoms with Crippen molar-refractivity contribution in [3.8, 4) is 0 Å². The lowest BCUT2D eigenvalue weighted by molar-refractivity contribution is -0.118. The van der Waals surface area contributed by atoms with E-state index < -0.39 is 11.8 Å². The molecule has 0 unspecified atom stereocenters. The van der Waals surface area contributed by atoms with E-state index in [-0.39, 0.29) is 17.5 Å². The zero-order valence-corrected chi connectivity index (χ0v) is 13.8. The molecule has 1 atom stereocenters. The van der Waals surface area contributed by atoms with Gasteiger partial charge in [0.05, 0.1) is 5.52 Å². The molecule has 1 aliphatic rings. The number of benzene rings is 1. The summed E-state index contributed by atoms with van der Waals surface area (Å²) in [5, 5.41) is 6.21. The maximum absolute atomic E-state index is 13.1. The molecule has 0 saturated carbocycles. The third-order valence-corrected chi connectivity index (χ3v) is 4.97. The number of nitrogens with zero attached hydrogens (tertiary/aromatic N) is 1. The standard InChI is InChI=1S/C18H18N4O3/c1-9-15(17(24)21-20-9)12(8-14(19)23)13-7-11-4-2-3-10-5-6-22(16(10)11)18(13)25/h2-4,7,12H,5-6,8H2,1H3,(H2,19,23)(H2,20,21,24)/t12-/m1/s1. The van der Waals surface area contributed by atoms with Crippen LogP contribution in [0.4, 0.5) is 0 Å². The highest BCUT2D eigenvalue weighted by Crippen LogP contribution is 2.30. The van der Waals surface area contributed by atoms with Gasteiger partial charge >= 0.3 is 0 Å². The Morgan fingerprint density at radius 1 is 1.32 bits per heavy atom. The number of hydrogen-bond donors (Lipinski definition) is 3. The lowest BCUT2D eigenvalue weighted by Gasteiger charge is -2.16. The molecule has 25 heavy (non-hydrogen) atoms. The van der Waals surface area contributed by atoms with Gasteiger partial charge in [-0.15, -0.1) is 0 Å². The lowest BCUT2D eigenvalue weighted by atomic mass is 9.88. The predicted octanol–water partition coefficient (Wildman–Crippen LogP) is 0.890. The van der Waals surface area contributed by atoms with E-state index in [0.29, 0.717) is 23.4 Å². The Kier molecular flexibility index (Phi) is 3.38. The van der Waals surface area contributed by atoms with Crippen LogP contribution in [0.5, 0.6) is 0 Å². The minimum absolute atomic E-state index is 0.0950. The van der Waals surface area contributed by atoms with Crippen LogP contribution >= 0.6 is 0 Å². The van der Waals surface area contributed by atoms with Crippen LogP contribution in [0.3, 0.4) is 0 Å². The lowest BCUT2D eigenvalue weighted by Crippen LogP contribution is -2.29. The largest absolute Gasteiger partial charge is 0.370 e. The monoisotopic (exact) mass is 338 g/mol. The first-order chi connectivity index (χ1) is 12.0. The highest BCUT2D eigenvalue weighted by Gasteiger charge is 2.28. The first-order valence-electron chi connectivity index (χ1n) is 8.18. The quantitative estimate of drug-likeness (QED) is 0.656. The molecule has 1 aromatic carbocycles. The molecule has 0 saturated heterocycles. The molecule has 0 aliphatic carbocycles. The number of aromatic amines is 2. The first kappa shape index (κ1) is 15.4. The van der Waals surface area contributed by atoms with Crippen LogP contribution in [0.2, 0.25) is 0 Å². The fourth-order valence-corrected chi connectivity index (χ4v) is 3.88. The second-order valence-corrected chi connectivity index (χ2v) is 6.50. The van der Waals surface area contributed by atoms with E-state index in [1.165, 1.54) is 0 Å². The third-order valence-electron chi connectivity index (χ3n) is 4.97. The Hall–Kier alpha value is -3.09. The first-order valence-corrected chi connectivity index (χ1v) is 8.18. The number of H-pyrrole nitrogens is 2. The summed E-state index contributed by atoms with van der Waals surface area (Å²) >= 11 is 0. The molecular formula is C18H18N4O3. The fourth-order valence-electron chi connectivity index (χ4n) is 3.88. The minimum atomic E-state index is -0.669. The molecule has 2 aromatic heterocycles. The van der Waals surface area contributed by atoms with Crippen molar-refractivity contribution in [2.24, 2.45) is 5.73 Å². The molecule has 7 heteroatoms. The van der Waals surface area contributed by atoms with Crippen LogP contribution in [0.25, 0.3) is 10.9 Å². The van der Waals surface area contributed by atoms with Crippen molar-refractivity contribution < 1.29 is 4.79 Å². The Morgan fingerprint density at radius 2 is 2.12 bits per heavy atom. The zero-order valence-electron chi connectivity index (χ0n) is 13.8. The number of hydrogen-bond acceptors (Lipinski definition) is 3. The number of aryl methyl sites for hydroxylation is 3. The van der Waals surface area contributed by atoms with Crippen LogP contribution in [0.1, 0.15) is 34.7 Å². The molecule has 1 amide bonds. The van der Waals surface area contributed by atoms with E-state index in [0.717, 1.165) is 22.9 Å². The van der Waals surface area contributed by atoms with Gasteiger partial charge in [-0.25, -0.2) is 0 Å². The average Bonchev–Trinajstić information content (AvgIpc) is 3.14. The van der Waals surface area contributed by atoms with Gasteiger partial charge in [0.15, 0.2) is 0 Å².